The molecule has 0 aliphatic heterocycles. The van der Waals surface area contributed by atoms with E-state index in [0.29, 0.717) is 11.3 Å². The minimum Gasteiger partial charge on any atom is -0.497 e. The summed E-state index contributed by atoms with van der Waals surface area (Å²) in [6.07, 6.45) is 3.62. The van der Waals surface area contributed by atoms with E-state index in [9.17, 15) is 9.59 Å². The molecule has 5 nitrogen and oxygen atoms in total. The second-order valence-electron chi connectivity index (χ2n) is 6.12. The fraction of sp³-hybridized carbons (Fsp3) is 0.300. The molecule has 0 radical (unpaired) electrons. The van der Waals surface area contributed by atoms with Crippen molar-refractivity contribution in [3.05, 3.63) is 59.2 Å². The molecular formula is C20H22N2O3. The molecule has 2 N–H and O–H groups in total. The lowest BCUT2D eigenvalue weighted by Crippen LogP contribution is -2.27. The number of ether oxygens (including phenoxy) is 1. The van der Waals surface area contributed by atoms with Gasteiger partial charge in [-0.05, 0) is 60.7 Å². The Hall–Kier alpha value is -2.82. The Bertz CT molecular complexity index is 786. The predicted molar refractivity (Wildman–Crippen MR) is 97.0 cm³/mol. The maximum absolute atomic E-state index is 12.1. The van der Waals surface area contributed by atoms with Crippen LogP contribution in [0.15, 0.2) is 42.5 Å². The number of fused-ring (bicyclic) bond motifs is 1. The quantitative estimate of drug-likeness (QED) is 0.851. The van der Waals surface area contributed by atoms with Gasteiger partial charge in [-0.15, -0.1) is 0 Å². The van der Waals surface area contributed by atoms with Crippen molar-refractivity contribution in [1.29, 1.82) is 0 Å². The third-order valence-electron chi connectivity index (χ3n) is 4.35. The lowest BCUT2D eigenvalue weighted by molar-refractivity contribution is -0.116. The second-order valence-corrected chi connectivity index (χ2v) is 6.12. The Morgan fingerprint density at radius 2 is 1.92 bits per heavy atom. The van der Waals surface area contributed by atoms with Gasteiger partial charge >= 0.3 is 0 Å². The van der Waals surface area contributed by atoms with E-state index in [1.165, 1.54) is 17.5 Å². The first-order valence-electron chi connectivity index (χ1n) is 8.49. The molecule has 0 saturated heterocycles. The van der Waals surface area contributed by atoms with Crippen molar-refractivity contribution >= 4 is 17.5 Å². The summed E-state index contributed by atoms with van der Waals surface area (Å²) >= 11 is 0. The highest BCUT2D eigenvalue weighted by atomic mass is 16.5. The maximum Gasteiger partial charge on any atom is 0.251 e. The summed E-state index contributed by atoms with van der Waals surface area (Å²) < 4.78 is 5.10. The molecule has 0 spiro atoms. The van der Waals surface area contributed by atoms with Gasteiger partial charge in [0, 0.05) is 24.2 Å². The third kappa shape index (κ3) is 4.38. The van der Waals surface area contributed by atoms with Gasteiger partial charge in [-0.3, -0.25) is 9.59 Å². The van der Waals surface area contributed by atoms with Crippen LogP contribution in [0.2, 0.25) is 0 Å². The molecule has 2 aromatic rings. The Balaban J connectivity index is 1.46. The largest absolute Gasteiger partial charge is 0.497 e. The van der Waals surface area contributed by atoms with Gasteiger partial charge in [0.2, 0.25) is 5.91 Å². The second kappa shape index (κ2) is 7.83. The van der Waals surface area contributed by atoms with Gasteiger partial charge in [0.15, 0.2) is 0 Å². The highest BCUT2D eigenvalue weighted by molar-refractivity contribution is 5.95. The molecule has 25 heavy (non-hydrogen) atoms. The van der Waals surface area contributed by atoms with Gasteiger partial charge < -0.3 is 15.4 Å². The Kier molecular flexibility index (Phi) is 5.33. The zero-order valence-corrected chi connectivity index (χ0v) is 14.3. The SMILES string of the molecule is COc1cccc(C(=O)NCCC(=O)Nc2ccc3c(c2)CCC3)c1. The van der Waals surface area contributed by atoms with E-state index in [1.807, 2.05) is 6.07 Å². The zero-order valence-electron chi connectivity index (χ0n) is 14.3. The number of rotatable bonds is 6. The summed E-state index contributed by atoms with van der Waals surface area (Å²) in [5.74, 6) is 0.301. The lowest BCUT2D eigenvalue weighted by Gasteiger charge is -2.09. The van der Waals surface area contributed by atoms with Crippen LogP contribution in [-0.2, 0) is 17.6 Å². The Morgan fingerprint density at radius 1 is 1.08 bits per heavy atom. The highest BCUT2D eigenvalue weighted by Gasteiger charge is 2.12. The molecule has 0 atom stereocenters. The van der Waals surface area contributed by atoms with Crippen molar-refractivity contribution in [1.82, 2.24) is 5.32 Å². The molecule has 0 heterocycles. The van der Waals surface area contributed by atoms with Crippen molar-refractivity contribution < 1.29 is 14.3 Å². The molecule has 3 rings (SSSR count). The molecule has 2 amide bonds. The number of carbonyl (C=O) groups is 2. The van der Waals surface area contributed by atoms with Crippen LogP contribution >= 0.6 is 0 Å². The van der Waals surface area contributed by atoms with Gasteiger partial charge in [-0.1, -0.05) is 12.1 Å². The van der Waals surface area contributed by atoms with Gasteiger partial charge in [-0.25, -0.2) is 0 Å². The van der Waals surface area contributed by atoms with Crippen molar-refractivity contribution in [3.63, 3.8) is 0 Å². The van der Waals surface area contributed by atoms with Crippen LogP contribution in [0.1, 0.15) is 34.3 Å². The first-order chi connectivity index (χ1) is 12.2. The number of anilines is 1. The molecule has 1 aliphatic rings. The lowest BCUT2D eigenvalue weighted by atomic mass is 10.1. The van der Waals surface area contributed by atoms with Crippen LogP contribution in [0, 0.1) is 0 Å². The molecular weight excluding hydrogens is 316 g/mol. The smallest absolute Gasteiger partial charge is 0.251 e. The molecule has 0 bridgehead atoms. The number of benzene rings is 2. The monoisotopic (exact) mass is 338 g/mol. The minimum atomic E-state index is -0.218. The maximum atomic E-state index is 12.1. The van der Waals surface area contributed by atoms with Crippen molar-refractivity contribution in [2.24, 2.45) is 0 Å². The number of nitrogens with one attached hydrogen (secondary N) is 2. The molecule has 130 valence electrons. The van der Waals surface area contributed by atoms with Gasteiger partial charge in [0.05, 0.1) is 7.11 Å². The average Bonchev–Trinajstić information content (AvgIpc) is 3.09. The van der Waals surface area contributed by atoms with Crippen LogP contribution < -0.4 is 15.4 Å². The van der Waals surface area contributed by atoms with E-state index in [4.69, 9.17) is 4.74 Å². The summed E-state index contributed by atoms with van der Waals surface area (Å²) in [5, 5.41) is 5.65. The molecule has 0 saturated carbocycles. The molecule has 2 aromatic carbocycles. The van der Waals surface area contributed by atoms with Gasteiger partial charge in [-0.2, -0.15) is 0 Å². The summed E-state index contributed by atoms with van der Waals surface area (Å²) in [6, 6.07) is 13.0. The number of hydrogen-bond donors (Lipinski definition) is 2. The van der Waals surface area contributed by atoms with Gasteiger partial charge in [0.1, 0.15) is 5.75 Å². The number of carbonyl (C=O) groups excluding carboxylic acids is 2. The molecule has 0 fully saturated rings. The predicted octanol–water partition coefficient (Wildman–Crippen LogP) is 2.94. The van der Waals surface area contributed by atoms with E-state index in [0.717, 1.165) is 18.5 Å². The Labute approximate surface area is 147 Å². The Morgan fingerprint density at radius 3 is 2.76 bits per heavy atom. The van der Waals surface area contributed by atoms with Gasteiger partial charge in [0.25, 0.3) is 5.91 Å². The molecule has 0 unspecified atom stereocenters. The first-order valence-corrected chi connectivity index (χ1v) is 8.49. The summed E-state index contributed by atoms with van der Waals surface area (Å²) in [7, 11) is 1.56. The third-order valence-corrected chi connectivity index (χ3v) is 4.35. The summed E-state index contributed by atoms with van der Waals surface area (Å²) in [4.78, 5) is 24.1. The number of methoxy groups -OCH3 is 1. The minimum absolute atomic E-state index is 0.108. The van der Waals surface area contributed by atoms with Crippen LogP contribution in [0.5, 0.6) is 5.75 Å². The van der Waals surface area contributed by atoms with E-state index < -0.39 is 0 Å². The van der Waals surface area contributed by atoms with E-state index in [2.05, 4.69) is 22.8 Å². The summed E-state index contributed by atoms with van der Waals surface area (Å²) in [5.41, 5.74) is 4.04. The van der Waals surface area contributed by atoms with Crippen LogP contribution in [0.4, 0.5) is 5.69 Å². The van der Waals surface area contributed by atoms with Crippen molar-refractivity contribution in [3.8, 4) is 5.75 Å². The van der Waals surface area contributed by atoms with E-state index in [-0.39, 0.29) is 24.8 Å². The van der Waals surface area contributed by atoms with Crippen LogP contribution in [-0.4, -0.2) is 25.5 Å². The fourth-order valence-electron chi connectivity index (χ4n) is 3.03. The molecule has 5 heteroatoms. The first kappa shape index (κ1) is 17.0. The standard InChI is InChI=1S/C20H22N2O3/c1-25-18-7-3-6-16(13-18)20(24)21-11-10-19(23)22-17-9-8-14-4-2-5-15(14)12-17/h3,6-9,12-13H,2,4-5,10-11H2,1H3,(H,21,24)(H,22,23). The van der Waals surface area contributed by atoms with Crippen LogP contribution in [0.3, 0.4) is 0 Å². The molecule has 1 aliphatic carbocycles. The van der Waals surface area contributed by atoms with E-state index in [1.54, 1.807) is 31.4 Å². The van der Waals surface area contributed by atoms with Crippen LogP contribution in [0.25, 0.3) is 0 Å². The number of aryl methyl sites for hydroxylation is 2. The van der Waals surface area contributed by atoms with Crippen molar-refractivity contribution in [2.45, 2.75) is 25.7 Å². The number of amides is 2. The van der Waals surface area contributed by atoms with E-state index >= 15 is 0 Å². The van der Waals surface area contributed by atoms with Crippen molar-refractivity contribution in [2.75, 3.05) is 19.0 Å². The average molecular weight is 338 g/mol. The normalized spacial score (nSPS) is 12.4. The topological polar surface area (TPSA) is 67.4 Å². The summed E-state index contributed by atoms with van der Waals surface area (Å²) in [6.45, 7) is 0.285. The molecule has 0 aromatic heterocycles. The fourth-order valence-corrected chi connectivity index (χ4v) is 3.03. The number of hydrogen-bond acceptors (Lipinski definition) is 3. The highest BCUT2D eigenvalue weighted by Crippen LogP contribution is 2.24. The zero-order chi connectivity index (χ0) is 17.6.